The van der Waals surface area contributed by atoms with Gasteiger partial charge >= 0.3 is 0 Å². The molecule has 3 heteroatoms. The third-order valence-corrected chi connectivity index (χ3v) is 2.71. The van der Waals surface area contributed by atoms with E-state index >= 15 is 0 Å². The quantitative estimate of drug-likeness (QED) is 0.747. The Hall–Kier alpha value is -1.77. The minimum absolute atomic E-state index is 0.0625. The van der Waals surface area contributed by atoms with Crippen molar-refractivity contribution in [1.29, 1.82) is 0 Å². The number of carbonyl (C=O) groups is 1. The fourth-order valence-electron chi connectivity index (χ4n) is 1.96. The highest BCUT2D eigenvalue weighted by Crippen LogP contribution is 2.38. The van der Waals surface area contributed by atoms with Gasteiger partial charge in [0.05, 0.1) is 5.57 Å². The Bertz CT molecular complexity index is 423. The fourth-order valence-corrected chi connectivity index (χ4v) is 1.96. The van der Waals surface area contributed by atoms with E-state index in [0.29, 0.717) is 5.57 Å². The van der Waals surface area contributed by atoms with Crippen LogP contribution in [0, 0.1) is 0 Å². The number of nitrogens with two attached hydrogens (primary N) is 1. The summed E-state index contributed by atoms with van der Waals surface area (Å²) in [6.07, 6.45) is 1.63. The number of hydrogen-bond donors (Lipinski definition) is 1. The predicted octanol–water partition coefficient (Wildman–Crippen LogP) is 1.94. The van der Waals surface area contributed by atoms with Crippen molar-refractivity contribution in [1.82, 2.24) is 0 Å². The highest BCUT2D eigenvalue weighted by Gasteiger charge is 2.26. The van der Waals surface area contributed by atoms with Crippen LogP contribution in [0.25, 0.3) is 0 Å². The fraction of sp³-hybridized carbons (Fsp3) is 0.250. The van der Waals surface area contributed by atoms with Crippen molar-refractivity contribution in [3.8, 4) is 5.75 Å². The maximum atomic E-state index is 10.9. The van der Waals surface area contributed by atoms with Crippen LogP contribution in [-0.4, -0.2) is 6.29 Å². The number of para-hydroxylation sites is 1. The molecule has 3 nitrogen and oxygen atoms in total. The molecule has 2 rings (SSSR count). The molecule has 0 spiro atoms. The summed E-state index contributed by atoms with van der Waals surface area (Å²) in [6, 6.07) is 7.67. The van der Waals surface area contributed by atoms with E-state index < -0.39 is 0 Å². The van der Waals surface area contributed by atoms with Crippen molar-refractivity contribution in [2.24, 2.45) is 5.73 Å². The first kappa shape index (κ1) is 9.77. The highest BCUT2D eigenvalue weighted by atomic mass is 16.5. The van der Waals surface area contributed by atoms with E-state index in [1.165, 1.54) is 0 Å². The van der Waals surface area contributed by atoms with Crippen LogP contribution in [0.4, 0.5) is 0 Å². The second-order valence-electron chi connectivity index (χ2n) is 3.54. The third-order valence-electron chi connectivity index (χ3n) is 2.71. The maximum Gasteiger partial charge on any atom is 0.198 e. The average molecular weight is 203 g/mol. The number of aldehydes is 1. The Kier molecular flexibility index (Phi) is 2.46. The second-order valence-corrected chi connectivity index (χ2v) is 3.54. The molecule has 0 saturated heterocycles. The van der Waals surface area contributed by atoms with Gasteiger partial charge in [0.15, 0.2) is 12.2 Å². The molecule has 1 heterocycles. The van der Waals surface area contributed by atoms with Gasteiger partial charge in [-0.15, -0.1) is 0 Å². The zero-order chi connectivity index (χ0) is 10.8. The molecule has 1 aromatic carbocycles. The molecule has 1 aliphatic rings. The molecule has 1 unspecified atom stereocenters. The number of ether oxygens (including phenoxy) is 1. The largest absolute Gasteiger partial charge is 0.441 e. The molecular weight excluding hydrogens is 190 g/mol. The summed E-state index contributed by atoms with van der Waals surface area (Å²) in [6.45, 7) is 2.03. The van der Waals surface area contributed by atoms with Crippen LogP contribution in [0.15, 0.2) is 35.7 Å². The molecule has 0 saturated carbocycles. The molecule has 1 atom stereocenters. The molecule has 2 N–H and O–H groups in total. The Labute approximate surface area is 88.5 Å². The Morgan fingerprint density at radius 2 is 2.20 bits per heavy atom. The van der Waals surface area contributed by atoms with Gasteiger partial charge in [-0.2, -0.15) is 0 Å². The van der Waals surface area contributed by atoms with Gasteiger partial charge < -0.3 is 10.5 Å². The summed E-state index contributed by atoms with van der Waals surface area (Å²) in [7, 11) is 0. The zero-order valence-corrected chi connectivity index (χ0v) is 8.57. The number of rotatable bonds is 2. The molecule has 15 heavy (non-hydrogen) atoms. The van der Waals surface area contributed by atoms with Crippen LogP contribution >= 0.6 is 0 Å². The SMILES string of the molecule is CCC1C(C=O)=C(N)Oc2ccccc21. The van der Waals surface area contributed by atoms with Crippen molar-refractivity contribution in [2.45, 2.75) is 19.3 Å². The molecule has 1 aromatic rings. The first-order valence-corrected chi connectivity index (χ1v) is 4.99. The lowest BCUT2D eigenvalue weighted by Gasteiger charge is -2.25. The summed E-state index contributed by atoms with van der Waals surface area (Å²) in [5.74, 6) is 1.05. The van der Waals surface area contributed by atoms with Gasteiger partial charge in [0.2, 0.25) is 0 Å². The summed E-state index contributed by atoms with van der Waals surface area (Å²) >= 11 is 0. The smallest absolute Gasteiger partial charge is 0.198 e. The Morgan fingerprint density at radius 3 is 2.87 bits per heavy atom. The molecule has 1 aliphatic heterocycles. The molecule has 0 fully saturated rings. The lowest BCUT2D eigenvalue weighted by atomic mass is 9.87. The maximum absolute atomic E-state index is 10.9. The number of carbonyl (C=O) groups excluding carboxylic acids is 1. The van der Waals surface area contributed by atoms with Gasteiger partial charge in [0.1, 0.15) is 5.75 Å². The Morgan fingerprint density at radius 1 is 1.47 bits per heavy atom. The van der Waals surface area contributed by atoms with Crippen LogP contribution in [0.3, 0.4) is 0 Å². The summed E-state index contributed by atoms with van der Waals surface area (Å²) in [5.41, 5.74) is 7.29. The van der Waals surface area contributed by atoms with Gasteiger partial charge in [-0.05, 0) is 12.5 Å². The lowest BCUT2D eigenvalue weighted by Crippen LogP contribution is -2.21. The van der Waals surface area contributed by atoms with Crippen molar-refractivity contribution in [2.75, 3.05) is 0 Å². The molecule has 0 bridgehead atoms. The van der Waals surface area contributed by atoms with E-state index in [1.807, 2.05) is 31.2 Å². The van der Waals surface area contributed by atoms with Crippen molar-refractivity contribution >= 4 is 6.29 Å². The van der Waals surface area contributed by atoms with Crippen LogP contribution in [0.5, 0.6) is 5.75 Å². The molecule has 78 valence electrons. The van der Waals surface area contributed by atoms with E-state index in [0.717, 1.165) is 24.0 Å². The molecule has 0 radical (unpaired) electrons. The summed E-state index contributed by atoms with van der Waals surface area (Å²) < 4.78 is 5.39. The van der Waals surface area contributed by atoms with Crippen LogP contribution in [0.2, 0.25) is 0 Å². The third kappa shape index (κ3) is 1.50. The van der Waals surface area contributed by atoms with Gasteiger partial charge in [0.25, 0.3) is 0 Å². The normalized spacial score (nSPS) is 19.4. The number of allylic oxidation sites excluding steroid dienone is 1. The minimum Gasteiger partial charge on any atom is -0.441 e. The second kappa shape index (κ2) is 3.77. The van der Waals surface area contributed by atoms with Gasteiger partial charge in [-0.3, -0.25) is 4.79 Å². The minimum atomic E-state index is 0.0625. The van der Waals surface area contributed by atoms with Crippen molar-refractivity contribution in [3.05, 3.63) is 41.3 Å². The van der Waals surface area contributed by atoms with Crippen molar-refractivity contribution < 1.29 is 9.53 Å². The van der Waals surface area contributed by atoms with Crippen LogP contribution < -0.4 is 10.5 Å². The zero-order valence-electron chi connectivity index (χ0n) is 8.57. The topological polar surface area (TPSA) is 52.3 Å². The van der Waals surface area contributed by atoms with E-state index in [9.17, 15) is 4.79 Å². The first-order valence-electron chi connectivity index (χ1n) is 4.99. The van der Waals surface area contributed by atoms with E-state index in [-0.39, 0.29) is 11.8 Å². The van der Waals surface area contributed by atoms with Crippen LogP contribution in [-0.2, 0) is 4.79 Å². The summed E-state index contributed by atoms with van der Waals surface area (Å²) in [4.78, 5) is 10.9. The van der Waals surface area contributed by atoms with E-state index in [2.05, 4.69) is 0 Å². The van der Waals surface area contributed by atoms with Gasteiger partial charge in [-0.25, -0.2) is 0 Å². The van der Waals surface area contributed by atoms with Crippen molar-refractivity contribution in [3.63, 3.8) is 0 Å². The molecule has 0 amide bonds. The average Bonchev–Trinajstić information content (AvgIpc) is 2.27. The van der Waals surface area contributed by atoms with Gasteiger partial charge in [0, 0.05) is 11.5 Å². The molecular formula is C12H13NO2. The monoisotopic (exact) mass is 203 g/mol. The van der Waals surface area contributed by atoms with E-state index in [1.54, 1.807) is 0 Å². The first-order chi connectivity index (χ1) is 7.27. The lowest BCUT2D eigenvalue weighted by molar-refractivity contribution is -0.105. The molecule has 0 aromatic heterocycles. The summed E-state index contributed by atoms with van der Waals surface area (Å²) in [5, 5.41) is 0. The van der Waals surface area contributed by atoms with Crippen LogP contribution in [0.1, 0.15) is 24.8 Å². The number of hydrogen-bond acceptors (Lipinski definition) is 3. The number of benzene rings is 1. The predicted molar refractivity (Wildman–Crippen MR) is 57.4 cm³/mol. The Balaban J connectivity index is 2.53. The van der Waals surface area contributed by atoms with Gasteiger partial charge in [-0.1, -0.05) is 25.1 Å². The standard InChI is InChI=1S/C12H13NO2/c1-2-8-9-5-3-4-6-11(9)15-12(13)10(8)7-14/h3-8H,2,13H2,1H3. The highest BCUT2D eigenvalue weighted by molar-refractivity contribution is 5.78. The van der Waals surface area contributed by atoms with E-state index in [4.69, 9.17) is 10.5 Å². The number of fused-ring (bicyclic) bond motifs is 1. The molecule has 0 aliphatic carbocycles.